The monoisotopic (exact) mass is 356 g/mol. The first-order valence-electron chi connectivity index (χ1n) is 7.91. The van der Waals surface area contributed by atoms with Crippen LogP contribution in [0.2, 0.25) is 0 Å². The van der Waals surface area contributed by atoms with Gasteiger partial charge in [-0.3, -0.25) is 0 Å². The van der Waals surface area contributed by atoms with Gasteiger partial charge in [-0.15, -0.1) is 0 Å². The minimum atomic E-state index is 0.666. The van der Waals surface area contributed by atoms with E-state index in [1.807, 2.05) is 0 Å². The predicted molar refractivity (Wildman–Crippen MR) is 93.6 cm³/mol. The Kier molecular flexibility index (Phi) is 9.02. The average molecular weight is 357 g/mol. The molecule has 1 aromatic carbocycles. The number of aryl methyl sites for hydroxylation is 1. The van der Waals surface area contributed by atoms with Crippen LogP contribution in [0.1, 0.15) is 38.3 Å². The highest BCUT2D eigenvalue weighted by Crippen LogP contribution is 2.25. The van der Waals surface area contributed by atoms with Gasteiger partial charge in [-0.2, -0.15) is 0 Å². The molecule has 1 rings (SSSR count). The Morgan fingerprint density at radius 2 is 1.95 bits per heavy atom. The van der Waals surface area contributed by atoms with Gasteiger partial charge < -0.3 is 9.47 Å². The lowest BCUT2D eigenvalue weighted by Gasteiger charge is -2.19. The molecule has 1 aromatic rings. The third-order valence-corrected chi connectivity index (χ3v) is 4.73. The minimum Gasteiger partial charge on any atom is -0.493 e. The number of alkyl halides is 1. The predicted octanol–water partition coefficient (Wildman–Crippen LogP) is 4.87. The molecule has 0 radical (unpaired) electrons. The molecular formula is C18H29BrO2. The number of rotatable bonds is 10. The van der Waals surface area contributed by atoms with Crippen molar-refractivity contribution in [2.24, 2.45) is 11.8 Å². The van der Waals surface area contributed by atoms with E-state index in [0.717, 1.165) is 43.6 Å². The van der Waals surface area contributed by atoms with Crippen LogP contribution in [0.25, 0.3) is 0 Å². The molecule has 0 bridgehead atoms. The van der Waals surface area contributed by atoms with Crippen LogP contribution in [0.5, 0.6) is 5.75 Å². The molecule has 0 aliphatic rings. The molecule has 2 nitrogen and oxygen atoms in total. The summed E-state index contributed by atoms with van der Waals surface area (Å²) in [6, 6.07) is 6.69. The van der Waals surface area contributed by atoms with E-state index in [2.05, 4.69) is 54.9 Å². The van der Waals surface area contributed by atoms with Crippen LogP contribution in [0.4, 0.5) is 0 Å². The van der Waals surface area contributed by atoms with Gasteiger partial charge in [0.2, 0.25) is 0 Å². The quantitative estimate of drug-likeness (QED) is 0.439. The standard InChI is InChI=1S/C18H29BrO2/c1-5-16-8-7-15(11-17(13-19)14(2)3)12-18(16)21-10-6-9-20-4/h7-8,12,14,17H,5-6,9-11,13H2,1-4H3. The van der Waals surface area contributed by atoms with E-state index in [1.54, 1.807) is 7.11 Å². The van der Waals surface area contributed by atoms with E-state index < -0.39 is 0 Å². The Balaban J connectivity index is 2.74. The normalized spacial score (nSPS) is 12.7. The summed E-state index contributed by atoms with van der Waals surface area (Å²) >= 11 is 3.63. The van der Waals surface area contributed by atoms with Crippen LogP contribution in [-0.4, -0.2) is 25.7 Å². The fourth-order valence-electron chi connectivity index (χ4n) is 2.31. The first-order chi connectivity index (χ1) is 10.1. The molecule has 0 aliphatic heterocycles. The summed E-state index contributed by atoms with van der Waals surface area (Å²) < 4.78 is 11.0. The number of halogens is 1. The Morgan fingerprint density at radius 1 is 1.19 bits per heavy atom. The van der Waals surface area contributed by atoms with Crippen molar-refractivity contribution in [1.29, 1.82) is 0 Å². The van der Waals surface area contributed by atoms with E-state index in [-0.39, 0.29) is 0 Å². The number of hydrogen-bond donors (Lipinski definition) is 0. The maximum Gasteiger partial charge on any atom is 0.122 e. The molecule has 0 saturated heterocycles. The zero-order valence-corrected chi connectivity index (χ0v) is 15.4. The number of ether oxygens (including phenoxy) is 2. The molecule has 1 unspecified atom stereocenters. The van der Waals surface area contributed by atoms with Crippen molar-refractivity contribution in [3.05, 3.63) is 29.3 Å². The third kappa shape index (κ3) is 6.39. The summed E-state index contributed by atoms with van der Waals surface area (Å²) in [5.41, 5.74) is 2.66. The van der Waals surface area contributed by atoms with Crippen LogP contribution in [0.15, 0.2) is 18.2 Å². The smallest absolute Gasteiger partial charge is 0.122 e. The average Bonchev–Trinajstić information content (AvgIpc) is 2.49. The second kappa shape index (κ2) is 10.2. The van der Waals surface area contributed by atoms with Crippen molar-refractivity contribution >= 4 is 15.9 Å². The Bertz CT molecular complexity index is 404. The lowest BCUT2D eigenvalue weighted by atomic mass is 9.90. The van der Waals surface area contributed by atoms with Gasteiger partial charge in [0.25, 0.3) is 0 Å². The molecule has 3 heteroatoms. The second-order valence-corrected chi connectivity index (χ2v) is 6.50. The zero-order valence-electron chi connectivity index (χ0n) is 13.8. The Hall–Kier alpha value is -0.540. The molecule has 0 fully saturated rings. The van der Waals surface area contributed by atoms with E-state index in [0.29, 0.717) is 11.8 Å². The minimum absolute atomic E-state index is 0.666. The summed E-state index contributed by atoms with van der Waals surface area (Å²) in [7, 11) is 1.73. The number of hydrogen-bond acceptors (Lipinski definition) is 2. The number of methoxy groups -OCH3 is 1. The second-order valence-electron chi connectivity index (χ2n) is 5.85. The molecule has 21 heavy (non-hydrogen) atoms. The fourth-order valence-corrected chi connectivity index (χ4v) is 3.29. The summed E-state index contributed by atoms with van der Waals surface area (Å²) in [6.07, 6.45) is 3.03. The van der Waals surface area contributed by atoms with Crippen molar-refractivity contribution in [2.75, 3.05) is 25.7 Å². The lowest BCUT2D eigenvalue weighted by molar-refractivity contribution is 0.172. The Morgan fingerprint density at radius 3 is 2.52 bits per heavy atom. The van der Waals surface area contributed by atoms with Crippen LogP contribution >= 0.6 is 15.9 Å². The van der Waals surface area contributed by atoms with Crippen molar-refractivity contribution in [2.45, 2.75) is 40.0 Å². The highest BCUT2D eigenvalue weighted by molar-refractivity contribution is 9.09. The first-order valence-corrected chi connectivity index (χ1v) is 9.04. The van der Waals surface area contributed by atoms with E-state index in [9.17, 15) is 0 Å². The van der Waals surface area contributed by atoms with Gasteiger partial charge in [-0.25, -0.2) is 0 Å². The van der Waals surface area contributed by atoms with Crippen LogP contribution in [-0.2, 0) is 17.6 Å². The lowest BCUT2D eigenvalue weighted by Crippen LogP contribution is -2.13. The molecule has 0 spiro atoms. The van der Waals surface area contributed by atoms with Gasteiger partial charge in [0.1, 0.15) is 5.75 Å². The van der Waals surface area contributed by atoms with Crippen molar-refractivity contribution in [1.82, 2.24) is 0 Å². The largest absolute Gasteiger partial charge is 0.493 e. The summed E-state index contributed by atoms with van der Waals surface area (Å²) in [5.74, 6) is 2.39. The highest BCUT2D eigenvalue weighted by atomic mass is 79.9. The molecule has 0 saturated carbocycles. The van der Waals surface area contributed by atoms with Gasteiger partial charge in [0, 0.05) is 25.5 Å². The SMILES string of the molecule is CCc1ccc(CC(CBr)C(C)C)cc1OCCCOC. The topological polar surface area (TPSA) is 18.5 Å². The third-order valence-electron chi connectivity index (χ3n) is 3.90. The van der Waals surface area contributed by atoms with Crippen molar-refractivity contribution in [3.8, 4) is 5.75 Å². The van der Waals surface area contributed by atoms with Crippen LogP contribution < -0.4 is 4.74 Å². The number of benzene rings is 1. The zero-order chi connectivity index (χ0) is 15.7. The van der Waals surface area contributed by atoms with Crippen LogP contribution in [0, 0.1) is 11.8 Å². The highest BCUT2D eigenvalue weighted by Gasteiger charge is 2.14. The maximum absolute atomic E-state index is 5.95. The van der Waals surface area contributed by atoms with E-state index in [1.165, 1.54) is 11.1 Å². The fraction of sp³-hybridized carbons (Fsp3) is 0.667. The molecule has 1 atom stereocenters. The van der Waals surface area contributed by atoms with Gasteiger partial charge in [0.05, 0.1) is 6.61 Å². The van der Waals surface area contributed by atoms with Gasteiger partial charge >= 0.3 is 0 Å². The molecule has 0 aromatic heterocycles. The summed E-state index contributed by atoms with van der Waals surface area (Å²) in [5, 5.41) is 1.05. The Labute approximate surface area is 138 Å². The maximum atomic E-state index is 5.95. The van der Waals surface area contributed by atoms with Crippen LogP contribution in [0.3, 0.4) is 0 Å². The molecule has 0 amide bonds. The molecule has 0 N–H and O–H groups in total. The molecule has 0 heterocycles. The molecule has 120 valence electrons. The molecular weight excluding hydrogens is 328 g/mol. The van der Waals surface area contributed by atoms with Crippen molar-refractivity contribution in [3.63, 3.8) is 0 Å². The van der Waals surface area contributed by atoms with Gasteiger partial charge in [0.15, 0.2) is 0 Å². The van der Waals surface area contributed by atoms with Crippen molar-refractivity contribution < 1.29 is 9.47 Å². The van der Waals surface area contributed by atoms with Gasteiger partial charge in [-0.05, 0) is 41.9 Å². The summed E-state index contributed by atoms with van der Waals surface area (Å²) in [4.78, 5) is 0. The summed E-state index contributed by atoms with van der Waals surface area (Å²) in [6.45, 7) is 8.21. The van der Waals surface area contributed by atoms with E-state index >= 15 is 0 Å². The van der Waals surface area contributed by atoms with E-state index in [4.69, 9.17) is 9.47 Å². The first kappa shape index (κ1) is 18.5. The molecule has 0 aliphatic carbocycles. The van der Waals surface area contributed by atoms with Gasteiger partial charge in [-0.1, -0.05) is 48.8 Å².